The zero-order chi connectivity index (χ0) is 21.9. The maximum atomic E-state index is 12.6. The largest absolute Gasteiger partial charge is 0.481 e. The summed E-state index contributed by atoms with van der Waals surface area (Å²) in [5, 5.41) is 13.6. The van der Waals surface area contributed by atoms with Gasteiger partial charge in [0, 0.05) is 11.7 Å². The molecular weight excluding hydrogens is 431 g/mol. The number of hydrogen-bond donors (Lipinski definition) is 5. The van der Waals surface area contributed by atoms with Crippen molar-refractivity contribution in [2.75, 3.05) is 6.16 Å². The Labute approximate surface area is 178 Å². The van der Waals surface area contributed by atoms with Crippen LogP contribution in [-0.2, 0) is 20.6 Å². The topological polar surface area (TPSA) is 153 Å². The summed E-state index contributed by atoms with van der Waals surface area (Å²) in [5.41, 5.74) is 1.07. The lowest BCUT2D eigenvalue weighted by molar-refractivity contribution is -0.137. The van der Waals surface area contributed by atoms with Crippen LogP contribution in [0, 0.1) is 5.92 Å². The highest BCUT2D eigenvalue weighted by atomic mass is 32.2. The molecule has 5 unspecified atom stereocenters. The zero-order valence-electron chi connectivity index (χ0n) is 16.1. The normalized spacial score (nSPS) is 26.5. The third-order valence-corrected chi connectivity index (χ3v) is 7.98. The highest BCUT2D eigenvalue weighted by molar-refractivity contribution is 8.01. The number of rotatable bonds is 10. The van der Waals surface area contributed by atoms with Crippen molar-refractivity contribution in [3.8, 4) is 0 Å². The summed E-state index contributed by atoms with van der Waals surface area (Å²) in [6.07, 6.45) is 0.874. The second kappa shape index (κ2) is 9.51. The van der Waals surface area contributed by atoms with Gasteiger partial charge in [-0.05, 0) is 30.7 Å². The van der Waals surface area contributed by atoms with E-state index in [2.05, 4.69) is 10.6 Å². The first-order valence-corrected chi connectivity index (χ1v) is 12.4. The highest BCUT2D eigenvalue weighted by Crippen LogP contribution is 2.45. The lowest BCUT2D eigenvalue weighted by Crippen LogP contribution is -2.44. The first-order chi connectivity index (χ1) is 14.1. The van der Waals surface area contributed by atoms with Gasteiger partial charge in [-0.25, -0.2) is 4.79 Å². The average molecular weight is 456 g/mol. The lowest BCUT2D eigenvalue weighted by Gasteiger charge is -2.27. The number of aliphatic carboxylic acids is 1. The molecule has 30 heavy (non-hydrogen) atoms. The number of ketones is 1. The van der Waals surface area contributed by atoms with E-state index in [4.69, 9.17) is 5.11 Å². The van der Waals surface area contributed by atoms with Crippen LogP contribution in [0.3, 0.4) is 0 Å². The molecule has 0 aromatic heterocycles. The van der Waals surface area contributed by atoms with Gasteiger partial charge < -0.3 is 25.5 Å². The van der Waals surface area contributed by atoms with Gasteiger partial charge in [0.15, 0.2) is 5.78 Å². The number of thioether (sulfide) groups is 1. The van der Waals surface area contributed by atoms with E-state index in [0.717, 1.165) is 5.56 Å². The first kappa shape index (κ1) is 22.8. The Kier molecular flexibility index (Phi) is 7.23. The van der Waals surface area contributed by atoms with Crippen LogP contribution in [0.5, 0.6) is 0 Å². The number of carbonyl (C=O) groups excluding carboxylic acids is 2. The molecule has 11 heteroatoms. The first-order valence-electron chi connectivity index (χ1n) is 9.69. The van der Waals surface area contributed by atoms with Gasteiger partial charge in [0.1, 0.15) is 6.16 Å². The van der Waals surface area contributed by atoms with E-state index in [1.165, 1.54) is 11.8 Å². The van der Waals surface area contributed by atoms with Crippen LogP contribution < -0.4 is 10.6 Å². The number of carbonyl (C=O) groups is 3. The molecule has 1 aromatic rings. The molecule has 2 fully saturated rings. The third kappa shape index (κ3) is 5.85. The Morgan fingerprint density at radius 3 is 2.43 bits per heavy atom. The van der Waals surface area contributed by atoms with Crippen LogP contribution in [0.25, 0.3) is 0 Å². The standard InChI is InChI=1S/C19H25N2O7PS/c22-13(10-29(26,27)28)18-16-15(20-19(25)21-16)17(30-18)12(7-4-8-14(23)24)9-11-5-2-1-3-6-11/h1-3,5-6,12,15-18H,4,7-10H2,(H,23,24)(H2,20,21,25)(H2,26,27,28). The number of Topliss-reactive ketones (excluding diaryl/α,β-unsaturated/α-hetero) is 1. The molecule has 2 heterocycles. The number of fused-ring (bicyclic) bond motifs is 1. The fraction of sp³-hybridized carbons (Fsp3) is 0.526. The van der Waals surface area contributed by atoms with Crippen LogP contribution in [0.1, 0.15) is 24.8 Å². The van der Waals surface area contributed by atoms with Crippen molar-refractivity contribution >= 4 is 37.1 Å². The second-order valence-electron chi connectivity index (χ2n) is 7.72. The molecule has 9 nitrogen and oxygen atoms in total. The van der Waals surface area contributed by atoms with Crippen LogP contribution >= 0.6 is 19.4 Å². The highest BCUT2D eigenvalue weighted by Gasteiger charge is 2.54. The minimum Gasteiger partial charge on any atom is -0.481 e. The van der Waals surface area contributed by atoms with Crippen molar-refractivity contribution < 1.29 is 33.8 Å². The van der Waals surface area contributed by atoms with E-state index < -0.39 is 42.8 Å². The predicted molar refractivity (Wildman–Crippen MR) is 111 cm³/mol. The molecule has 2 aliphatic heterocycles. The van der Waals surface area contributed by atoms with Gasteiger partial charge in [0.2, 0.25) is 0 Å². The van der Waals surface area contributed by atoms with Crippen molar-refractivity contribution in [3.05, 3.63) is 35.9 Å². The van der Waals surface area contributed by atoms with Crippen LogP contribution in [-0.4, -0.2) is 61.4 Å². The number of carboxylic acids is 1. The molecule has 0 bridgehead atoms. The van der Waals surface area contributed by atoms with Crippen LogP contribution in [0.15, 0.2) is 30.3 Å². The monoisotopic (exact) mass is 456 g/mol. The summed E-state index contributed by atoms with van der Waals surface area (Å²) >= 11 is 1.32. The SMILES string of the molecule is O=C(O)CCCC(Cc1ccccc1)C1SC(C(=O)CP(=O)(O)O)C2NC(=O)NC21. The smallest absolute Gasteiger partial charge is 0.332 e. The summed E-state index contributed by atoms with van der Waals surface area (Å²) in [6, 6.07) is 8.36. The molecule has 2 amide bonds. The average Bonchev–Trinajstić information content (AvgIpc) is 3.17. The Hall–Kier alpha value is -1.87. The number of hydrogen-bond acceptors (Lipinski definition) is 5. The minimum atomic E-state index is -4.51. The molecule has 164 valence electrons. The van der Waals surface area contributed by atoms with Crippen molar-refractivity contribution in [2.24, 2.45) is 5.92 Å². The molecular formula is C19H25N2O7PS. The second-order valence-corrected chi connectivity index (χ2v) is 10.7. The Bertz CT molecular complexity index is 847. The van der Waals surface area contributed by atoms with Crippen molar-refractivity contribution in [1.82, 2.24) is 10.6 Å². The number of benzene rings is 1. The van der Waals surface area contributed by atoms with Gasteiger partial charge in [-0.1, -0.05) is 30.3 Å². The number of urea groups is 1. The fourth-order valence-electron chi connectivity index (χ4n) is 4.20. The van der Waals surface area contributed by atoms with Crippen molar-refractivity contribution in [3.63, 3.8) is 0 Å². The van der Waals surface area contributed by atoms with Gasteiger partial charge in [-0.3, -0.25) is 14.2 Å². The molecule has 2 saturated heterocycles. The Morgan fingerprint density at radius 2 is 1.80 bits per heavy atom. The van der Waals surface area contributed by atoms with Gasteiger partial charge in [0.05, 0.1) is 17.3 Å². The molecule has 0 aliphatic carbocycles. The molecule has 2 aliphatic rings. The Balaban J connectivity index is 1.81. The van der Waals surface area contributed by atoms with E-state index >= 15 is 0 Å². The van der Waals surface area contributed by atoms with Crippen LogP contribution in [0.4, 0.5) is 4.79 Å². The van der Waals surface area contributed by atoms with E-state index in [0.29, 0.717) is 19.3 Å². The molecule has 5 atom stereocenters. The van der Waals surface area contributed by atoms with Gasteiger partial charge in [0.25, 0.3) is 0 Å². The molecule has 1 aromatic carbocycles. The summed E-state index contributed by atoms with van der Waals surface area (Å²) in [4.78, 5) is 53.9. The fourth-order valence-corrected chi connectivity index (χ4v) is 6.77. The summed E-state index contributed by atoms with van der Waals surface area (Å²) < 4.78 is 11.3. The van der Waals surface area contributed by atoms with Gasteiger partial charge >= 0.3 is 19.6 Å². The van der Waals surface area contributed by atoms with E-state index in [-0.39, 0.29) is 23.6 Å². The zero-order valence-corrected chi connectivity index (χ0v) is 17.9. The lowest BCUT2D eigenvalue weighted by atomic mass is 9.86. The maximum absolute atomic E-state index is 12.6. The quantitative estimate of drug-likeness (QED) is 0.261. The molecule has 0 saturated carbocycles. The minimum absolute atomic E-state index is 0.0164. The van der Waals surface area contributed by atoms with Crippen molar-refractivity contribution in [2.45, 2.75) is 48.3 Å². The molecule has 0 radical (unpaired) electrons. The summed E-state index contributed by atoms with van der Waals surface area (Å²) in [6.45, 7) is 0. The summed E-state index contributed by atoms with van der Waals surface area (Å²) in [7, 11) is -4.51. The number of carboxylic acid groups (broad SMARTS) is 1. The third-order valence-electron chi connectivity index (χ3n) is 5.42. The van der Waals surface area contributed by atoms with Crippen molar-refractivity contribution in [1.29, 1.82) is 0 Å². The maximum Gasteiger partial charge on any atom is 0.332 e. The van der Waals surface area contributed by atoms with Gasteiger partial charge in [-0.2, -0.15) is 0 Å². The predicted octanol–water partition coefficient (Wildman–Crippen LogP) is 1.38. The molecule has 0 spiro atoms. The number of amides is 2. The molecule has 3 rings (SSSR count). The Morgan fingerprint density at radius 1 is 1.13 bits per heavy atom. The van der Waals surface area contributed by atoms with Crippen LogP contribution in [0.2, 0.25) is 0 Å². The molecule has 5 N–H and O–H groups in total. The summed E-state index contributed by atoms with van der Waals surface area (Å²) in [5.74, 6) is -1.48. The van der Waals surface area contributed by atoms with E-state index in [9.17, 15) is 28.7 Å². The van der Waals surface area contributed by atoms with E-state index in [1.54, 1.807) is 0 Å². The van der Waals surface area contributed by atoms with Gasteiger partial charge in [-0.15, -0.1) is 11.8 Å². The van der Waals surface area contributed by atoms with E-state index in [1.807, 2.05) is 30.3 Å². The number of nitrogens with one attached hydrogen (secondary N) is 2.